The number of hydrogen-bond acceptors (Lipinski definition) is 2. The number of nitrogens with zero attached hydrogens (tertiary/aromatic N) is 1. The molecule has 1 aromatic carbocycles. The van der Waals surface area contributed by atoms with E-state index < -0.39 is 0 Å². The molecule has 3 N–H and O–H groups in total. The molecule has 0 unspecified atom stereocenters. The van der Waals surface area contributed by atoms with Crippen molar-refractivity contribution in [3.05, 3.63) is 29.8 Å². The van der Waals surface area contributed by atoms with Crippen LogP contribution < -0.4 is 20.4 Å². The molecule has 6 nitrogen and oxygen atoms in total. The van der Waals surface area contributed by atoms with Crippen molar-refractivity contribution in [3.8, 4) is 0 Å². The van der Waals surface area contributed by atoms with Crippen LogP contribution in [0.15, 0.2) is 24.3 Å². The number of amides is 3. The van der Waals surface area contributed by atoms with Crippen LogP contribution in [0, 0.1) is 6.92 Å². The van der Waals surface area contributed by atoms with E-state index in [2.05, 4.69) is 10.6 Å². The Bertz CT molecular complexity index is 596. The standard InChI is InChI=1S/C19H28N4O2/c1-15-5-7-17(8-6-15)23-14-16(13-18(23)24)21-19(25)20-9-4-12-22-10-2-3-11-22/h5-8,16H,2-4,9-14H2,1H3,(H2,20,21,25)/p+1/t16-/m0/s1. The van der Waals surface area contributed by atoms with Gasteiger partial charge in [0.05, 0.1) is 25.7 Å². The van der Waals surface area contributed by atoms with E-state index in [-0.39, 0.29) is 18.0 Å². The van der Waals surface area contributed by atoms with Gasteiger partial charge in [-0.1, -0.05) is 17.7 Å². The smallest absolute Gasteiger partial charge is 0.315 e. The van der Waals surface area contributed by atoms with Crippen molar-refractivity contribution in [2.24, 2.45) is 0 Å². The Hall–Kier alpha value is -2.08. The van der Waals surface area contributed by atoms with E-state index >= 15 is 0 Å². The molecule has 6 heteroatoms. The minimum Gasteiger partial charge on any atom is -0.338 e. The average Bonchev–Trinajstić information content (AvgIpc) is 3.22. The Morgan fingerprint density at radius 1 is 1.24 bits per heavy atom. The highest BCUT2D eigenvalue weighted by molar-refractivity contribution is 5.96. The predicted molar refractivity (Wildman–Crippen MR) is 97.9 cm³/mol. The van der Waals surface area contributed by atoms with E-state index in [1.165, 1.54) is 31.5 Å². The lowest BCUT2D eigenvalue weighted by atomic mass is 10.2. The Kier molecular flexibility index (Phi) is 5.91. The molecule has 0 aromatic heterocycles. The molecule has 2 aliphatic heterocycles. The molecule has 1 atom stereocenters. The molecule has 2 fully saturated rings. The first-order valence-corrected chi connectivity index (χ1v) is 9.37. The summed E-state index contributed by atoms with van der Waals surface area (Å²) in [6.07, 6.45) is 4.02. The van der Waals surface area contributed by atoms with E-state index in [9.17, 15) is 9.59 Å². The number of likely N-dealkylation sites (tertiary alicyclic amines) is 1. The zero-order valence-electron chi connectivity index (χ0n) is 15.0. The van der Waals surface area contributed by atoms with Gasteiger partial charge in [0.2, 0.25) is 5.91 Å². The van der Waals surface area contributed by atoms with Gasteiger partial charge in [-0.3, -0.25) is 4.79 Å². The zero-order chi connectivity index (χ0) is 17.6. The zero-order valence-corrected chi connectivity index (χ0v) is 15.0. The number of carbonyl (C=O) groups is 2. The number of benzene rings is 1. The number of carbonyl (C=O) groups excluding carboxylic acids is 2. The molecule has 2 aliphatic rings. The summed E-state index contributed by atoms with van der Waals surface area (Å²) in [6, 6.07) is 7.61. The predicted octanol–water partition coefficient (Wildman–Crippen LogP) is 0.468. The van der Waals surface area contributed by atoms with E-state index in [0.717, 1.165) is 18.7 Å². The highest BCUT2D eigenvalue weighted by Crippen LogP contribution is 2.21. The first-order valence-electron chi connectivity index (χ1n) is 9.37. The Morgan fingerprint density at radius 2 is 1.96 bits per heavy atom. The van der Waals surface area contributed by atoms with Gasteiger partial charge in [0, 0.05) is 44.5 Å². The molecular formula is C19H29N4O2+. The van der Waals surface area contributed by atoms with Gasteiger partial charge in [0.15, 0.2) is 0 Å². The number of aryl methyl sites for hydroxylation is 1. The van der Waals surface area contributed by atoms with Gasteiger partial charge in [-0.2, -0.15) is 0 Å². The maximum atomic E-state index is 12.2. The summed E-state index contributed by atoms with van der Waals surface area (Å²) in [5.74, 6) is 0.0618. The normalized spacial score (nSPS) is 20.9. The highest BCUT2D eigenvalue weighted by Gasteiger charge is 2.31. The van der Waals surface area contributed by atoms with Gasteiger partial charge in [-0.15, -0.1) is 0 Å². The van der Waals surface area contributed by atoms with Crippen molar-refractivity contribution in [1.82, 2.24) is 10.6 Å². The van der Waals surface area contributed by atoms with Gasteiger partial charge >= 0.3 is 6.03 Å². The van der Waals surface area contributed by atoms with Gasteiger partial charge in [-0.25, -0.2) is 4.79 Å². The number of rotatable bonds is 6. The van der Waals surface area contributed by atoms with E-state index in [0.29, 0.717) is 19.5 Å². The second-order valence-electron chi connectivity index (χ2n) is 7.20. The molecule has 0 aliphatic carbocycles. The fourth-order valence-corrected chi connectivity index (χ4v) is 3.68. The van der Waals surface area contributed by atoms with Crippen LogP contribution in [0.1, 0.15) is 31.2 Å². The van der Waals surface area contributed by atoms with Crippen LogP contribution in [0.25, 0.3) is 0 Å². The molecule has 3 amide bonds. The van der Waals surface area contributed by atoms with Gasteiger partial charge < -0.3 is 20.4 Å². The highest BCUT2D eigenvalue weighted by atomic mass is 16.2. The summed E-state index contributed by atoms with van der Waals surface area (Å²) >= 11 is 0. The van der Waals surface area contributed by atoms with Gasteiger partial charge in [-0.05, 0) is 19.1 Å². The van der Waals surface area contributed by atoms with Gasteiger partial charge in [0.25, 0.3) is 0 Å². The maximum absolute atomic E-state index is 12.2. The number of nitrogens with one attached hydrogen (secondary N) is 3. The molecule has 0 saturated carbocycles. The second kappa shape index (κ2) is 8.34. The lowest BCUT2D eigenvalue weighted by Gasteiger charge is -2.18. The fraction of sp³-hybridized carbons (Fsp3) is 0.579. The SMILES string of the molecule is Cc1ccc(N2C[C@@H](NC(=O)NCCC[NH+]3CCCC3)CC2=O)cc1. The topological polar surface area (TPSA) is 65.9 Å². The number of hydrogen-bond donors (Lipinski definition) is 3. The van der Waals surface area contributed by atoms with Crippen LogP contribution in [0.2, 0.25) is 0 Å². The molecule has 3 rings (SSSR count). The molecule has 136 valence electrons. The van der Waals surface area contributed by atoms with Crippen LogP contribution in [0.3, 0.4) is 0 Å². The van der Waals surface area contributed by atoms with Crippen LogP contribution in [-0.2, 0) is 4.79 Å². The van der Waals surface area contributed by atoms with Crippen molar-refractivity contribution < 1.29 is 14.5 Å². The summed E-state index contributed by atoms with van der Waals surface area (Å²) in [7, 11) is 0. The minimum atomic E-state index is -0.167. The Labute approximate surface area is 149 Å². The lowest BCUT2D eigenvalue weighted by molar-refractivity contribution is -0.887. The van der Waals surface area contributed by atoms with Crippen molar-refractivity contribution >= 4 is 17.6 Å². The van der Waals surface area contributed by atoms with Crippen molar-refractivity contribution in [2.45, 2.75) is 38.6 Å². The summed E-state index contributed by atoms with van der Waals surface area (Å²) in [6.45, 7) is 6.92. The Balaban J connectivity index is 1.38. The van der Waals surface area contributed by atoms with Crippen LogP contribution in [-0.4, -0.2) is 50.7 Å². The van der Waals surface area contributed by atoms with Gasteiger partial charge in [0.1, 0.15) is 0 Å². The molecule has 2 saturated heterocycles. The maximum Gasteiger partial charge on any atom is 0.315 e. The largest absolute Gasteiger partial charge is 0.338 e. The third-order valence-corrected chi connectivity index (χ3v) is 5.11. The van der Waals surface area contributed by atoms with Crippen molar-refractivity contribution in [3.63, 3.8) is 0 Å². The van der Waals surface area contributed by atoms with E-state index in [1.807, 2.05) is 31.2 Å². The monoisotopic (exact) mass is 345 g/mol. The third-order valence-electron chi connectivity index (χ3n) is 5.11. The quantitative estimate of drug-likeness (QED) is 0.656. The average molecular weight is 345 g/mol. The summed E-state index contributed by atoms with van der Waals surface area (Å²) in [4.78, 5) is 27.6. The first-order chi connectivity index (χ1) is 12.1. The molecule has 2 heterocycles. The molecule has 1 aromatic rings. The number of anilines is 1. The molecule has 0 spiro atoms. The fourth-order valence-electron chi connectivity index (χ4n) is 3.68. The first kappa shape index (κ1) is 17.7. The van der Waals surface area contributed by atoms with Crippen LogP contribution in [0.5, 0.6) is 0 Å². The third kappa shape index (κ3) is 4.95. The number of urea groups is 1. The molecule has 25 heavy (non-hydrogen) atoms. The second-order valence-corrected chi connectivity index (χ2v) is 7.20. The number of quaternary nitrogens is 1. The van der Waals surface area contributed by atoms with Crippen molar-refractivity contribution in [1.29, 1.82) is 0 Å². The molecular weight excluding hydrogens is 316 g/mol. The molecule has 0 bridgehead atoms. The van der Waals surface area contributed by atoms with E-state index in [4.69, 9.17) is 0 Å². The molecule has 0 radical (unpaired) electrons. The lowest BCUT2D eigenvalue weighted by Crippen LogP contribution is -3.10. The summed E-state index contributed by atoms with van der Waals surface area (Å²) in [5, 5.41) is 5.85. The van der Waals surface area contributed by atoms with Crippen LogP contribution >= 0.6 is 0 Å². The summed E-state index contributed by atoms with van der Waals surface area (Å²) < 4.78 is 0. The van der Waals surface area contributed by atoms with Crippen molar-refractivity contribution in [2.75, 3.05) is 37.6 Å². The van der Waals surface area contributed by atoms with E-state index in [1.54, 1.807) is 9.80 Å². The summed E-state index contributed by atoms with van der Waals surface area (Å²) in [5.41, 5.74) is 2.06. The van der Waals surface area contributed by atoms with Crippen LogP contribution in [0.4, 0.5) is 10.5 Å². The minimum absolute atomic E-state index is 0.0618. The Morgan fingerprint density at radius 3 is 2.68 bits per heavy atom.